The summed E-state index contributed by atoms with van der Waals surface area (Å²) in [6.45, 7) is 9.22. The summed E-state index contributed by atoms with van der Waals surface area (Å²) < 4.78 is 11.1. The van der Waals surface area contributed by atoms with Gasteiger partial charge in [0, 0.05) is 50.0 Å². The van der Waals surface area contributed by atoms with Crippen molar-refractivity contribution in [3.8, 4) is 0 Å². The van der Waals surface area contributed by atoms with Gasteiger partial charge >= 0.3 is 103 Å². The van der Waals surface area contributed by atoms with Crippen molar-refractivity contribution in [2.24, 2.45) is 29.2 Å². The van der Waals surface area contributed by atoms with Crippen LogP contribution < -0.4 is 24.7 Å². The van der Waals surface area contributed by atoms with E-state index < -0.39 is 30.8 Å². The number of carbonyl (C=O) groups excluding carboxylic acids is 3. The van der Waals surface area contributed by atoms with E-state index in [1.54, 1.807) is 0 Å². The van der Waals surface area contributed by atoms with Gasteiger partial charge in [0.15, 0.2) is 17.3 Å². The molecular formula is C49H82ClFI6N3O6-. The molecular weight excluding hydrogens is 1540 g/mol. The number of nitrogens with zero attached hydrogens (tertiary/aromatic N) is 1. The number of unbranched alkanes of at least 4 members (excludes halogenated alkanes) is 3. The van der Waals surface area contributed by atoms with Gasteiger partial charge in [-0.15, -0.1) is 12.4 Å². The van der Waals surface area contributed by atoms with Gasteiger partial charge in [-0.2, -0.15) is 0 Å². The van der Waals surface area contributed by atoms with E-state index in [9.17, 15) is 32.6 Å². The molecule has 1 unspecified atom stereocenters. The first-order valence-corrected chi connectivity index (χ1v) is 49.0. The van der Waals surface area contributed by atoms with Crippen LogP contribution in [0.4, 0.5) is 2.86 Å². The van der Waals surface area contributed by atoms with Crippen molar-refractivity contribution in [1.82, 2.24) is 4.90 Å². The zero-order valence-corrected chi connectivity index (χ0v) is 52.5. The van der Waals surface area contributed by atoms with Gasteiger partial charge in [-0.3, -0.25) is 19.3 Å². The third kappa shape index (κ3) is 33.5. The Morgan fingerprint density at radius 2 is 1.00 bits per heavy atom. The van der Waals surface area contributed by atoms with Gasteiger partial charge in [0.1, 0.15) is 18.3 Å². The maximum atomic E-state index is 12.8. The molecule has 3 aliphatic carbocycles. The summed E-state index contributed by atoms with van der Waals surface area (Å²) in [5.41, 5.74) is 13.9. The predicted octanol–water partition coefficient (Wildman–Crippen LogP) is 10.9. The minimum absolute atomic E-state index is 0. The quantitative estimate of drug-likeness (QED) is 0.0576. The van der Waals surface area contributed by atoms with Crippen molar-refractivity contribution in [2.75, 3.05) is 0 Å². The number of aliphatic hydroxyl groups is 3. The van der Waals surface area contributed by atoms with Crippen molar-refractivity contribution >= 4 is 117 Å². The van der Waals surface area contributed by atoms with Crippen LogP contribution in [0.2, 0.25) is 0 Å². The van der Waals surface area contributed by atoms with Crippen LogP contribution in [-0.4, -0.2) is 74.0 Å². The molecule has 0 aliphatic heterocycles. The number of Topliss-reactive ketones (excluding diaryl/α,β-unsaturated/α-hetero) is 3. The van der Waals surface area contributed by atoms with Crippen LogP contribution in [-0.2, 0) is 20.9 Å². The zero-order chi connectivity index (χ0) is 48.0. The van der Waals surface area contributed by atoms with E-state index in [-0.39, 0.29) is 61.4 Å². The van der Waals surface area contributed by atoms with Crippen LogP contribution in [0.3, 0.4) is 0 Å². The Morgan fingerprint density at radius 1 is 0.682 bits per heavy atom. The van der Waals surface area contributed by atoms with E-state index in [1.807, 2.05) is 49.4 Å². The topological polar surface area (TPSA) is 167 Å². The second-order valence-corrected chi connectivity index (χ2v) is 54.7. The molecule has 0 radical (unpaired) electrons. The molecule has 7 N–H and O–H groups in total. The third-order valence-electron chi connectivity index (χ3n) is 11.8. The molecule has 7 atom stereocenters. The van der Waals surface area contributed by atoms with E-state index in [4.69, 9.17) is 11.5 Å². The molecule has 2 aromatic carbocycles. The Balaban J connectivity index is 0. The van der Waals surface area contributed by atoms with Gasteiger partial charge in [-0.1, -0.05) is 127 Å². The molecule has 0 saturated heterocycles. The Bertz CT molecular complexity index is 1480. The first kappa shape index (κ1) is 69.9. The Kier molecular flexibility index (Phi) is 44.7. The van der Waals surface area contributed by atoms with Gasteiger partial charge in [-0.05, 0) is 93.6 Å². The summed E-state index contributed by atoms with van der Waals surface area (Å²) >= 11 is 7.12. The number of aliphatic hydroxyl groups excluding tert-OH is 3. The average molecular weight is 1630 g/mol. The van der Waals surface area contributed by atoms with Gasteiger partial charge < -0.3 is 26.8 Å². The molecule has 0 spiro atoms. The number of rotatable bonds is 26. The fourth-order valence-corrected chi connectivity index (χ4v) is 7.25. The Morgan fingerprint density at radius 3 is 1.33 bits per heavy atom. The van der Waals surface area contributed by atoms with Crippen molar-refractivity contribution in [3.63, 3.8) is 0 Å². The summed E-state index contributed by atoms with van der Waals surface area (Å²) in [6, 6.07) is 20.0. The third-order valence-corrected chi connectivity index (χ3v) is 11.8. The summed E-state index contributed by atoms with van der Waals surface area (Å²) in [5.74, 6) is 1.48. The molecule has 0 aromatic heterocycles. The average Bonchev–Trinajstić information content (AvgIpc) is 4.14. The number of benzene rings is 2. The summed E-state index contributed by atoms with van der Waals surface area (Å²) in [7, 11) is 0. The number of halogens is 8. The number of carbonyl (C=O) groups is 3. The van der Waals surface area contributed by atoms with Crippen LogP contribution in [0.25, 0.3) is 0 Å². The molecule has 9 nitrogen and oxygen atoms in total. The Hall–Kier alpha value is 1.81. The van der Waals surface area contributed by atoms with Crippen LogP contribution >= 0.6 is 99.3 Å². The standard InChI is InChI=1S/C26H35NO2.2C11H21NO2.CH4.ClH.FI3.I3/c1-3-4-15-24(26(29)25(28)18-21-16-17-21)27(19-22-11-7-5-8-12-22)20(2)23-13-9-6-10-14-23;2*1-2-3-4-9(12)11(14)10(13)7-8-5-6-8;;;1-4(2)3;1-3-2/h5-14,20-21,24,26,29H,3-4,15-19H2,1-2H3;2*8-9,11,14H,2-7,12H2,1H3;1H4;1H;;/q;;;;;;-1/t20?,24-,26-;2*9-,11-;;;;/m000..../s1. The molecule has 5 rings (SSSR count). The van der Waals surface area contributed by atoms with Gasteiger partial charge in [0.2, 0.25) is 0 Å². The molecule has 66 heavy (non-hydrogen) atoms. The monoisotopic (exact) mass is 1620 g/mol. The number of nitrogens with two attached hydrogens (primary N) is 2. The molecule has 17 heteroatoms. The van der Waals surface area contributed by atoms with Crippen molar-refractivity contribution in [1.29, 1.82) is 0 Å². The van der Waals surface area contributed by atoms with Crippen LogP contribution in [0.1, 0.15) is 168 Å². The zero-order valence-electron chi connectivity index (χ0n) is 38.7. The minimum atomic E-state index is -1.82. The predicted molar refractivity (Wildman–Crippen MR) is 315 cm³/mol. The van der Waals surface area contributed by atoms with Gasteiger partial charge in [0.25, 0.3) is 0 Å². The molecule has 3 fully saturated rings. The van der Waals surface area contributed by atoms with Crippen molar-refractivity contribution < 1.29 is 45.8 Å². The Labute approximate surface area is 461 Å². The fraction of sp³-hybridized carbons (Fsp3) is 0.694. The molecule has 0 heterocycles. The first-order valence-electron chi connectivity index (χ1n) is 23.1. The van der Waals surface area contributed by atoms with Crippen LogP contribution in [0.15, 0.2) is 60.7 Å². The van der Waals surface area contributed by atoms with Crippen LogP contribution in [0, 0.1) is 17.8 Å². The molecule has 0 bridgehead atoms. The summed E-state index contributed by atoms with van der Waals surface area (Å²) in [5, 5.41) is 30.4. The SMILES string of the molecule is C.CCCC[C@@H]([C@H](O)C(=O)CC1CC1)N(Cc1ccccc1)C(C)c1ccccc1.CCCC[C@H](N)[C@H](O)C(=O)CC1CC1.CCCC[C@H](N)[C@H](O)C(=O)CC1CC1.Cl.FI(I)I.I[I-]I. The molecule has 2 aromatic rings. The number of hydrogen-bond donors (Lipinski definition) is 5. The maximum absolute atomic E-state index is 12.8. The second kappa shape index (κ2) is 42.2. The van der Waals surface area contributed by atoms with E-state index >= 15 is 0 Å². The van der Waals surface area contributed by atoms with Gasteiger partial charge in [0.05, 0.1) is 0 Å². The number of ketones is 3. The molecule has 3 aliphatic rings. The van der Waals surface area contributed by atoms with Crippen molar-refractivity contribution in [3.05, 3.63) is 71.8 Å². The first-order chi connectivity index (χ1) is 30.5. The summed E-state index contributed by atoms with van der Waals surface area (Å²) in [6.07, 6.45) is 14.1. The van der Waals surface area contributed by atoms with E-state index in [0.29, 0.717) is 50.3 Å². The van der Waals surface area contributed by atoms with E-state index in [0.717, 1.165) is 103 Å². The van der Waals surface area contributed by atoms with E-state index in [1.165, 1.54) is 11.1 Å². The fourth-order valence-electron chi connectivity index (χ4n) is 7.25. The molecule has 0 amide bonds. The van der Waals surface area contributed by atoms with Crippen molar-refractivity contribution in [2.45, 2.75) is 200 Å². The second-order valence-electron chi connectivity index (χ2n) is 17.5. The van der Waals surface area contributed by atoms with Gasteiger partial charge in [-0.25, -0.2) is 0 Å². The molecule has 386 valence electrons. The van der Waals surface area contributed by atoms with Crippen LogP contribution in [0.5, 0.6) is 0 Å². The normalized spacial score (nSPS) is 17.2. The summed E-state index contributed by atoms with van der Waals surface area (Å²) in [4.78, 5) is 38.1. The number of hydrogen-bond acceptors (Lipinski definition) is 9. The van der Waals surface area contributed by atoms with E-state index in [2.05, 4.69) is 118 Å². The molecule has 3 saturated carbocycles.